The van der Waals surface area contributed by atoms with Gasteiger partial charge in [-0.25, -0.2) is 17.9 Å². The van der Waals surface area contributed by atoms with Crippen molar-refractivity contribution in [2.75, 3.05) is 0 Å². The van der Waals surface area contributed by atoms with Crippen LogP contribution in [0.5, 0.6) is 0 Å². The molecule has 8 heteroatoms. The van der Waals surface area contributed by atoms with Crippen LogP contribution in [0.1, 0.15) is 31.2 Å². The molecule has 2 atom stereocenters. The Morgan fingerprint density at radius 2 is 1.95 bits per heavy atom. The Balaban J connectivity index is 2.08. The molecule has 118 valence electrons. The van der Waals surface area contributed by atoms with Gasteiger partial charge in [-0.3, -0.25) is 0 Å². The van der Waals surface area contributed by atoms with E-state index < -0.39 is 28.2 Å². The fraction of sp³-hybridized carbons (Fsp3) is 0.429. The van der Waals surface area contributed by atoms with Gasteiger partial charge in [0.05, 0.1) is 17.7 Å². The number of urea groups is 1. The van der Waals surface area contributed by atoms with Crippen molar-refractivity contribution in [3.05, 3.63) is 29.8 Å². The summed E-state index contributed by atoms with van der Waals surface area (Å²) in [7, 11) is -4.14. The monoisotopic (exact) mass is 323 g/mol. The van der Waals surface area contributed by atoms with Crippen LogP contribution in [0.15, 0.2) is 29.2 Å². The summed E-state index contributed by atoms with van der Waals surface area (Å²) in [5.41, 5.74) is -0.0412. The number of aliphatic hydroxyl groups excluding tert-OH is 1. The molecular formula is C14H17N3O4S. The Morgan fingerprint density at radius 3 is 2.64 bits per heavy atom. The van der Waals surface area contributed by atoms with E-state index in [1.54, 1.807) is 6.07 Å². The zero-order chi connectivity index (χ0) is 16.2. The molecule has 1 saturated carbocycles. The Hall–Kier alpha value is -2.11. The van der Waals surface area contributed by atoms with Crippen molar-refractivity contribution >= 4 is 16.1 Å². The molecule has 1 fully saturated rings. The van der Waals surface area contributed by atoms with Crippen molar-refractivity contribution in [2.45, 2.75) is 42.7 Å². The van der Waals surface area contributed by atoms with Crippen LogP contribution < -0.4 is 10.0 Å². The van der Waals surface area contributed by atoms with E-state index in [-0.39, 0.29) is 10.5 Å². The summed E-state index contributed by atoms with van der Waals surface area (Å²) in [6, 6.07) is 6.03. The molecule has 0 aromatic heterocycles. The lowest BCUT2D eigenvalue weighted by Gasteiger charge is -2.28. The summed E-state index contributed by atoms with van der Waals surface area (Å²) < 4.78 is 26.2. The molecule has 2 rings (SSSR count). The number of sulfonamides is 1. The third-order valence-electron chi connectivity index (χ3n) is 3.57. The molecule has 7 nitrogen and oxygen atoms in total. The van der Waals surface area contributed by atoms with Crippen LogP contribution in [0.25, 0.3) is 0 Å². The predicted octanol–water partition coefficient (Wildman–Crippen LogP) is 0.850. The number of carbonyl (C=O) groups excluding carboxylic acids is 1. The highest BCUT2D eigenvalue weighted by Crippen LogP contribution is 2.18. The van der Waals surface area contributed by atoms with Crippen LogP contribution in [-0.4, -0.2) is 31.7 Å². The van der Waals surface area contributed by atoms with E-state index in [1.807, 2.05) is 4.72 Å². The van der Waals surface area contributed by atoms with E-state index in [2.05, 4.69) is 5.32 Å². The molecule has 1 aromatic rings. The minimum Gasteiger partial charge on any atom is -0.391 e. The molecular weight excluding hydrogens is 306 g/mol. The number of hydrogen-bond donors (Lipinski definition) is 3. The molecule has 2 amide bonds. The zero-order valence-corrected chi connectivity index (χ0v) is 12.6. The average Bonchev–Trinajstić information content (AvgIpc) is 2.49. The minimum absolute atomic E-state index is 0.0412. The molecule has 0 aliphatic heterocycles. The van der Waals surface area contributed by atoms with Crippen molar-refractivity contribution in [3.8, 4) is 6.07 Å². The maximum absolute atomic E-state index is 12.2. The number of aliphatic hydroxyl groups is 1. The first-order valence-corrected chi connectivity index (χ1v) is 8.43. The topological polar surface area (TPSA) is 119 Å². The van der Waals surface area contributed by atoms with Gasteiger partial charge in [-0.05, 0) is 25.0 Å². The molecule has 1 aliphatic carbocycles. The lowest BCUT2D eigenvalue weighted by atomic mass is 9.93. The number of amides is 2. The molecule has 3 N–H and O–H groups in total. The number of rotatable bonds is 3. The summed E-state index contributed by atoms with van der Waals surface area (Å²) in [6.45, 7) is 0. The SMILES string of the molecule is N#Cc1ccccc1S(=O)(=O)NC(=O)N[C@@H]1CCCC[C@H]1O. The molecule has 22 heavy (non-hydrogen) atoms. The molecule has 0 saturated heterocycles. The Bertz CT molecular complexity index is 696. The van der Waals surface area contributed by atoms with E-state index in [1.165, 1.54) is 24.3 Å². The summed E-state index contributed by atoms with van der Waals surface area (Å²) in [4.78, 5) is 11.6. The molecule has 0 spiro atoms. The number of nitrogens with zero attached hydrogens (tertiary/aromatic N) is 1. The Morgan fingerprint density at radius 1 is 1.27 bits per heavy atom. The van der Waals surface area contributed by atoms with Gasteiger partial charge in [0.25, 0.3) is 10.0 Å². The van der Waals surface area contributed by atoms with E-state index in [0.29, 0.717) is 12.8 Å². The first-order chi connectivity index (χ1) is 10.4. The summed E-state index contributed by atoms with van der Waals surface area (Å²) in [5, 5.41) is 21.2. The van der Waals surface area contributed by atoms with Gasteiger partial charge in [-0.2, -0.15) is 5.26 Å². The maximum atomic E-state index is 12.2. The largest absolute Gasteiger partial charge is 0.391 e. The minimum atomic E-state index is -4.14. The number of benzene rings is 1. The van der Waals surface area contributed by atoms with Crippen molar-refractivity contribution in [1.82, 2.24) is 10.0 Å². The van der Waals surface area contributed by atoms with Gasteiger partial charge in [0, 0.05) is 0 Å². The Labute approximate surface area is 129 Å². The predicted molar refractivity (Wildman–Crippen MR) is 78.3 cm³/mol. The fourth-order valence-electron chi connectivity index (χ4n) is 2.45. The third kappa shape index (κ3) is 3.75. The van der Waals surface area contributed by atoms with Crippen LogP contribution >= 0.6 is 0 Å². The smallest absolute Gasteiger partial charge is 0.329 e. The third-order valence-corrected chi connectivity index (χ3v) is 4.96. The molecule has 0 unspecified atom stereocenters. The Kier molecular flexibility index (Phi) is 5.00. The van der Waals surface area contributed by atoms with Gasteiger partial charge >= 0.3 is 6.03 Å². The van der Waals surface area contributed by atoms with Crippen molar-refractivity contribution in [3.63, 3.8) is 0 Å². The van der Waals surface area contributed by atoms with Gasteiger partial charge in [0.1, 0.15) is 11.0 Å². The summed E-state index contributed by atoms with van der Waals surface area (Å²) >= 11 is 0. The standard InChI is InChI=1S/C14H17N3O4S/c15-9-10-5-1-4-8-13(10)22(20,21)17-14(19)16-11-6-2-3-7-12(11)18/h1,4-5,8,11-12,18H,2-3,6-7H2,(H2,16,17,19)/t11-,12-/m1/s1. The molecule has 0 radical (unpaired) electrons. The van der Waals surface area contributed by atoms with Crippen LogP contribution in [0, 0.1) is 11.3 Å². The van der Waals surface area contributed by atoms with E-state index in [4.69, 9.17) is 5.26 Å². The average molecular weight is 323 g/mol. The second-order valence-electron chi connectivity index (χ2n) is 5.15. The van der Waals surface area contributed by atoms with Crippen molar-refractivity contribution in [2.24, 2.45) is 0 Å². The van der Waals surface area contributed by atoms with Crippen LogP contribution in [-0.2, 0) is 10.0 Å². The van der Waals surface area contributed by atoms with Gasteiger partial charge in [-0.15, -0.1) is 0 Å². The highest BCUT2D eigenvalue weighted by atomic mass is 32.2. The van der Waals surface area contributed by atoms with Crippen LogP contribution in [0.3, 0.4) is 0 Å². The highest BCUT2D eigenvalue weighted by Gasteiger charge is 2.27. The number of hydrogen-bond acceptors (Lipinski definition) is 5. The van der Waals surface area contributed by atoms with Gasteiger partial charge in [-0.1, -0.05) is 25.0 Å². The van der Waals surface area contributed by atoms with Gasteiger partial charge < -0.3 is 10.4 Å². The van der Waals surface area contributed by atoms with E-state index >= 15 is 0 Å². The number of nitriles is 1. The fourth-order valence-corrected chi connectivity index (χ4v) is 3.52. The van der Waals surface area contributed by atoms with Gasteiger partial charge in [0.15, 0.2) is 0 Å². The quantitative estimate of drug-likeness (QED) is 0.762. The van der Waals surface area contributed by atoms with Crippen LogP contribution in [0.2, 0.25) is 0 Å². The van der Waals surface area contributed by atoms with E-state index in [0.717, 1.165) is 12.8 Å². The second kappa shape index (κ2) is 6.77. The normalized spacial score (nSPS) is 21.6. The molecule has 0 heterocycles. The van der Waals surface area contributed by atoms with E-state index in [9.17, 15) is 18.3 Å². The van der Waals surface area contributed by atoms with Crippen molar-refractivity contribution < 1.29 is 18.3 Å². The zero-order valence-electron chi connectivity index (χ0n) is 11.8. The first kappa shape index (κ1) is 16.3. The van der Waals surface area contributed by atoms with Gasteiger partial charge in [0.2, 0.25) is 0 Å². The molecule has 0 bridgehead atoms. The van der Waals surface area contributed by atoms with Crippen LogP contribution in [0.4, 0.5) is 4.79 Å². The summed E-state index contributed by atoms with van der Waals surface area (Å²) in [5.74, 6) is 0. The molecule has 1 aliphatic rings. The van der Waals surface area contributed by atoms with Crippen molar-refractivity contribution in [1.29, 1.82) is 5.26 Å². The first-order valence-electron chi connectivity index (χ1n) is 6.94. The second-order valence-corrected chi connectivity index (χ2v) is 6.80. The highest BCUT2D eigenvalue weighted by molar-refractivity contribution is 7.90. The number of carbonyl (C=O) groups is 1. The lowest BCUT2D eigenvalue weighted by Crippen LogP contribution is -2.50. The number of nitrogens with one attached hydrogen (secondary N) is 2. The maximum Gasteiger partial charge on any atom is 0.329 e. The molecule has 1 aromatic carbocycles. The summed E-state index contributed by atoms with van der Waals surface area (Å²) in [6.07, 6.45) is 2.26. The lowest BCUT2D eigenvalue weighted by molar-refractivity contribution is 0.0948.